The molecular weight excluding hydrogens is 360 g/mol. The molecule has 1 aliphatic heterocycles. The minimum atomic E-state index is -0.161. The Balaban J connectivity index is 1.47. The SMILES string of the molecule is COc1ccc(S[C@H](C)C(=O)NCc2ccc(N3CCOCC3)cc2)cc1. The standard InChI is InChI=1S/C21H26N2O3S/c1-16(27-20-9-7-19(25-2)8-10-20)21(24)22-15-17-3-5-18(6-4-17)23-11-13-26-14-12-23/h3-10,16H,11-15H2,1-2H3,(H,22,24)/t16-/m1/s1. The van der Waals surface area contributed by atoms with Crippen LogP contribution in [0.15, 0.2) is 53.4 Å². The van der Waals surface area contributed by atoms with Gasteiger partial charge in [0.1, 0.15) is 5.75 Å². The van der Waals surface area contributed by atoms with Crippen LogP contribution in [0.5, 0.6) is 5.75 Å². The van der Waals surface area contributed by atoms with Crippen LogP contribution >= 0.6 is 11.8 Å². The van der Waals surface area contributed by atoms with Crippen molar-refractivity contribution in [2.24, 2.45) is 0 Å². The number of carbonyl (C=O) groups is 1. The fraction of sp³-hybridized carbons (Fsp3) is 0.381. The molecule has 1 saturated heterocycles. The number of rotatable bonds is 7. The highest BCUT2D eigenvalue weighted by Gasteiger charge is 2.15. The summed E-state index contributed by atoms with van der Waals surface area (Å²) in [6, 6.07) is 16.1. The fourth-order valence-corrected chi connectivity index (χ4v) is 3.78. The zero-order valence-corrected chi connectivity index (χ0v) is 16.6. The van der Waals surface area contributed by atoms with Crippen LogP contribution in [0.2, 0.25) is 0 Å². The number of benzene rings is 2. The van der Waals surface area contributed by atoms with Gasteiger partial charge in [-0.2, -0.15) is 0 Å². The van der Waals surface area contributed by atoms with Crippen molar-refractivity contribution in [3.05, 3.63) is 54.1 Å². The second-order valence-corrected chi connectivity index (χ2v) is 7.83. The second-order valence-electron chi connectivity index (χ2n) is 6.42. The number of nitrogens with zero attached hydrogens (tertiary/aromatic N) is 1. The number of amides is 1. The molecule has 1 atom stereocenters. The van der Waals surface area contributed by atoms with Gasteiger partial charge in [0.15, 0.2) is 0 Å². The maximum absolute atomic E-state index is 12.4. The summed E-state index contributed by atoms with van der Waals surface area (Å²) in [6.45, 7) is 5.87. The Hall–Kier alpha value is -2.18. The van der Waals surface area contributed by atoms with E-state index in [1.165, 1.54) is 5.69 Å². The Morgan fingerprint density at radius 1 is 1.15 bits per heavy atom. The Labute approximate surface area is 165 Å². The fourth-order valence-electron chi connectivity index (χ4n) is 2.89. The van der Waals surface area contributed by atoms with E-state index in [1.807, 2.05) is 31.2 Å². The van der Waals surface area contributed by atoms with Crippen molar-refractivity contribution in [3.8, 4) is 5.75 Å². The molecule has 2 aromatic carbocycles. The first-order chi connectivity index (χ1) is 13.2. The van der Waals surface area contributed by atoms with Gasteiger partial charge in [-0.1, -0.05) is 12.1 Å². The molecule has 5 nitrogen and oxygen atoms in total. The Bertz CT molecular complexity index is 728. The van der Waals surface area contributed by atoms with Gasteiger partial charge in [-0.15, -0.1) is 11.8 Å². The van der Waals surface area contributed by atoms with E-state index in [1.54, 1.807) is 18.9 Å². The van der Waals surface area contributed by atoms with Crippen LogP contribution in [0, 0.1) is 0 Å². The maximum atomic E-state index is 12.4. The van der Waals surface area contributed by atoms with Gasteiger partial charge in [-0.05, 0) is 48.9 Å². The zero-order valence-electron chi connectivity index (χ0n) is 15.8. The zero-order chi connectivity index (χ0) is 19.1. The molecule has 2 aromatic rings. The van der Waals surface area contributed by atoms with Gasteiger partial charge in [0.2, 0.25) is 5.91 Å². The molecular formula is C21H26N2O3S. The highest BCUT2D eigenvalue weighted by Crippen LogP contribution is 2.25. The molecule has 0 aromatic heterocycles. The lowest BCUT2D eigenvalue weighted by atomic mass is 10.2. The van der Waals surface area contributed by atoms with Crippen molar-refractivity contribution in [1.29, 1.82) is 0 Å². The average molecular weight is 387 g/mol. The lowest BCUT2D eigenvalue weighted by Gasteiger charge is -2.28. The minimum Gasteiger partial charge on any atom is -0.497 e. The van der Waals surface area contributed by atoms with Crippen LogP contribution in [0.4, 0.5) is 5.69 Å². The summed E-state index contributed by atoms with van der Waals surface area (Å²) < 4.78 is 10.5. The summed E-state index contributed by atoms with van der Waals surface area (Å²) in [5.74, 6) is 0.852. The van der Waals surface area contributed by atoms with Crippen molar-refractivity contribution in [3.63, 3.8) is 0 Å². The number of nitrogens with one attached hydrogen (secondary N) is 1. The van der Waals surface area contributed by atoms with Crippen molar-refractivity contribution in [1.82, 2.24) is 5.32 Å². The Morgan fingerprint density at radius 2 is 1.81 bits per heavy atom. The van der Waals surface area contributed by atoms with Crippen molar-refractivity contribution < 1.29 is 14.3 Å². The Kier molecular flexibility index (Phi) is 7.01. The molecule has 0 spiro atoms. The molecule has 1 heterocycles. The summed E-state index contributed by atoms with van der Waals surface area (Å²) >= 11 is 1.54. The third kappa shape index (κ3) is 5.65. The molecule has 3 rings (SSSR count). The molecule has 0 bridgehead atoms. The first kappa shape index (κ1) is 19.6. The monoisotopic (exact) mass is 386 g/mol. The number of hydrogen-bond donors (Lipinski definition) is 1. The lowest BCUT2D eigenvalue weighted by molar-refractivity contribution is -0.120. The lowest BCUT2D eigenvalue weighted by Crippen LogP contribution is -2.36. The van der Waals surface area contributed by atoms with Gasteiger partial charge < -0.3 is 19.7 Å². The molecule has 1 amide bonds. The summed E-state index contributed by atoms with van der Waals surface area (Å²) in [5.41, 5.74) is 2.30. The van der Waals surface area contributed by atoms with Crippen LogP contribution in [-0.4, -0.2) is 44.6 Å². The van der Waals surface area contributed by atoms with E-state index in [2.05, 4.69) is 34.5 Å². The van der Waals surface area contributed by atoms with E-state index in [4.69, 9.17) is 9.47 Å². The molecule has 0 aliphatic carbocycles. The van der Waals surface area contributed by atoms with Crippen LogP contribution in [0.3, 0.4) is 0 Å². The maximum Gasteiger partial charge on any atom is 0.233 e. The summed E-state index contributed by atoms with van der Waals surface area (Å²) in [4.78, 5) is 15.7. The third-order valence-electron chi connectivity index (χ3n) is 4.52. The first-order valence-electron chi connectivity index (χ1n) is 9.16. The third-order valence-corrected chi connectivity index (χ3v) is 5.63. The van der Waals surface area contributed by atoms with Crippen LogP contribution < -0.4 is 15.0 Å². The van der Waals surface area contributed by atoms with E-state index in [0.29, 0.717) is 6.54 Å². The predicted molar refractivity (Wildman–Crippen MR) is 110 cm³/mol. The highest BCUT2D eigenvalue weighted by molar-refractivity contribution is 8.00. The van der Waals surface area contributed by atoms with E-state index in [0.717, 1.165) is 42.5 Å². The van der Waals surface area contributed by atoms with Crippen LogP contribution in [0.25, 0.3) is 0 Å². The van der Waals surface area contributed by atoms with Crippen molar-refractivity contribution >= 4 is 23.4 Å². The average Bonchev–Trinajstić information content (AvgIpc) is 2.73. The molecule has 27 heavy (non-hydrogen) atoms. The van der Waals surface area contributed by atoms with E-state index < -0.39 is 0 Å². The van der Waals surface area contributed by atoms with Gasteiger partial charge in [-0.25, -0.2) is 0 Å². The van der Waals surface area contributed by atoms with Gasteiger partial charge in [0.25, 0.3) is 0 Å². The molecule has 1 aliphatic rings. The second kappa shape index (κ2) is 9.67. The normalized spacial score (nSPS) is 15.3. The highest BCUT2D eigenvalue weighted by atomic mass is 32.2. The number of ether oxygens (including phenoxy) is 2. The predicted octanol–water partition coefficient (Wildman–Crippen LogP) is 3.33. The van der Waals surface area contributed by atoms with Crippen LogP contribution in [0.1, 0.15) is 12.5 Å². The first-order valence-corrected chi connectivity index (χ1v) is 10.0. The van der Waals surface area contributed by atoms with E-state index in [-0.39, 0.29) is 11.2 Å². The molecule has 1 N–H and O–H groups in total. The van der Waals surface area contributed by atoms with Gasteiger partial charge in [0.05, 0.1) is 25.6 Å². The number of hydrogen-bond acceptors (Lipinski definition) is 5. The molecule has 6 heteroatoms. The molecule has 144 valence electrons. The van der Waals surface area contributed by atoms with Gasteiger partial charge in [-0.3, -0.25) is 4.79 Å². The van der Waals surface area contributed by atoms with E-state index in [9.17, 15) is 4.79 Å². The van der Waals surface area contributed by atoms with Gasteiger partial charge in [0, 0.05) is 30.2 Å². The quantitative estimate of drug-likeness (QED) is 0.740. The summed E-state index contributed by atoms with van der Waals surface area (Å²) in [5, 5.41) is 2.86. The van der Waals surface area contributed by atoms with Gasteiger partial charge >= 0.3 is 0 Å². The number of carbonyl (C=O) groups excluding carboxylic acids is 1. The molecule has 1 fully saturated rings. The van der Waals surface area contributed by atoms with E-state index >= 15 is 0 Å². The van der Waals surface area contributed by atoms with Crippen molar-refractivity contribution in [2.75, 3.05) is 38.3 Å². The summed E-state index contributed by atoms with van der Waals surface area (Å²) in [6.07, 6.45) is 0. The van der Waals surface area contributed by atoms with Crippen molar-refractivity contribution in [2.45, 2.75) is 23.6 Å². The number of thioether (sulfide) groups is 1. The largest absolute Gasteiger partial charge is 0.497 e. The topological polar surface area (TPSA) is 50.8 Å². The summed E-state index contributed by atoms with van der Waals surface area (Å²) in [7, 11) is 1.64. The smallest absolute Gasteiger partial charge is 0.233 e. The molecule has 0 radical (unpaired) electrons. The number of anilines is 1. The number of morpholine rings is 1. The Morgan fingerprint density at radius 3 is 2.44 bits per heavy atom. The molecule has 0 unspecified atom stereocenters. The number of methoxy groups -OCH3 is 1. The van der Waals surface area contributed by atoms with Crippen LogP contribution in [-0.2, 0) is 16.1 Å². The molecule has 0 saturated carbocycles. The minimum absolute atomic E-state index is 0.0353.